The van der Waals surface area contributed by atoms with Crippen molar-refractivity contribution in [3.8, 4) is 23.4 Å². The van der Waals surface area contributed by atoms with E-state index in [0.717, 1.165) is 5.56 Å². The maximum absolute atomic E-state index is 11.0. The van der Waals surface area contributed by atoms with Crippen LogP contribution in [0.4, 0.5) is 11.5 Å². The highest BCUT2D eigenvalue weighted by Gasteiger charge is 2.12. The first-order chi connectivity index (χ1) is 15.6. The molecule has 2 aromatic heterocycles. The van der Waals surface area contributed by atoms with Crippen molar-refractivity contribution in [2.75, 3.05) is 12.4 Å². The normalized spacial score (nSPS) is 10.4. The van der Waals surface area contributed by atoms with Crippen molar-refractivity contribution in [2.24, 2.45) is 0 Å². The van der Waals surface area contributed by atoms with Crippen LogP contribution >= 0.6 is 0 Å². The molecule has 0 unspecified atom stereocenters. The van der Waals surface area contributed by atoms with E-state index in [0.29, 0.717) is 46.2 Å². The van der Waals surface area contributed by atoms with Crippen LogP contribution in [0.5, 0.6) is 17.4 Å². The van der Waals surface area contributed by atoms with Gasteiger partial charge in [0.15, 0.2) is 0 Å². The number of benzene rings is 2. The molecule has 9 heteroatoms. The molecule has 0 amide bonds. The lowest BCUT2D eigenvalue weighted by atomic mass is 10.1. The van der Waals surface area contributed by atoms with Crippen LogP contribution in [-0.4, -0.2) is 22.0 Å². The monoisotopic (exact) mass is 427 g/mol. The summed E-state index contributed by atoms with van der Waals surface area (Å²) in [4.78, 5) is 19.3. The van der Waals surface area contributed by atoms with Crippen molar-refractivity contribution >= 4 is 22.4 Å². The second kappa shape index (κ2) is 8.97. The smallest absolute Gasteiger partial charge is 0.270 e. The summed E-state index contributed by atoms with van der Waals surface area (Å²) in [6, 6.07) is 18.8. The Kier molecular flexibility index (Phi) is 5.76. The lowest BCUT2D eigenvalue weighted by Crippen LogP contribution is -2.03. The molecule has 0 spiro atoms. The van der Waals surface area contributed by atoms with Gasteiger partial charge in [-0.05, 0) is 29.8 Å². The van der Waals surface area contributed by atoms with Crippen LogP contribution in [0.15, 0.2) is 66.9 Å². The quantitative estimate of drug-likeness (QED) is 0.329. The van der Waals surface area contributed by atoms with Gasteiger partial charge in [-0.1, -0.05) is 12.1 Å². The van der Waals surface area contributed by atoms with Crippen molar-refractivity contribution in [2.45, 2.75) is 6.54 Å². The molecule has 2 heterocycles. The van der Waals surface area contributed by atoms with Crippen molar-refractivity contribution in [1.29, 1.82) is 5.26 Å². The predicted molar refractivity (Wildman–Crippen MR) is 118 cm³/mol. The summed E-state index contributed by atoms with van der Waals surface area (Å²) in [5, 5.41) is 24.0. The number of non-ortho nitro benzene ring substituents is 1. The third-order valence-corrected chi connectivity index (χ3v) is 4.66. The Labute approximate surface area is 183 Å². The lowest BCUT2D eigenvalue weighted by Gasteiger charge is -2.09. The summed E-state index contributed by atoms with van der Waals surface area (Å²) in [7, 11) is 1.59. The predicted octanol–water partition coefficient (Wildman–Crippen LogP) is 4.82. The van der Waals surface area contributed by atoms with Gasteiger partial charge in [-0.15, -0.1) is 0 Å². The Morgan fingerprint density at radius 2 is 1.97 bits per heavy atom. The second-order valence-corrected chi connectivity index (χ2v) is 6.76. The molecule has 4 aromatic rings. The average Bonchev–Trinajstić information content (AvgIpc) is 2.82. The number of nitriles is 1. The van der Waals surface area contributed by atoms with E-state index in [4.69, 9.17) is 9.47 Å². The Balaban J connectivity index is 1.46. The number of nitrogens with zero attached hydrogens (tertiary/aromatic N) is 4. The largest absolute Gasteiger partial charge is 0.497 e. The number of anilines is 1. The molecule has 0 aliphatic rings. The van der Waals surface area contributed by atoms with Crippen LogP contribution in [0.3, 0.4) is 0 Å². The minimum Gasteiger partial charge on any atom is -0.497 e. The van der Waals surface area contributed by atoms with Gasteiger partial charge >= 0.3 is 0 Å². The van der Waals surface area contributed by atoms with E-state index >= 15 is 0 Å². The molecule has 0 aliphatic heterocycles. The maximum Gasteiger partial charge on any atom is 0.270 e. The molecule has 0 saturated heterocycles. The molecule has 9 nitrogen and oxygen atoms in total. The summed E-state index contributed by atoms with van der Waals surface area (Å²) in [5.74, 6) is 2.24. The zero-order valence-electron chi connectivity index (χ0n) is 17.0. The van der Waals surface area contributed by atoms with E-state index in [1.807, 2.05) is 24.3 Å². The summed E-state index contributed by atoms with van der Waals surface area (Å²) < 4.78 is 10.9. The fourth-order valence-corrected chi connectivity index (χ4v) is 3.06. The van der Waals surface area contributed by atoms with Crippen LogP contribution in [0.1, 0.15) is 11.1 Å². The number of methoxy groups -OCH3 is 1. The van der Waals surface area contributed by atoms with Crippen LogP contribution in [0, 0.1) is 21.4 Å². The topological polar surface area (TPSA) is 123 Å². The fraction of sp³-hybridized carbons (Fsp3) is 0.0870. The molecule has 2 aromatic carbocycles. The number of hydrogen-bond acceptors (Lipinski definition) is 8. The second-order valence-electron chi connectivity index (χ2n) is 6.76. The van der Waals surface area contributed by atoms with Crippen molar-refractivity contribution in [3.63, 3.8) is 0 Å². The third-order valence-electron chi connectivity index (χ3n) is 4.66. The third kappa shape index (κ3) is 4.55. The van der Waals surface area contributed by atoms with Crippen molar-refractivity contribution < 1.29 is 14.4 Å². The van der Waals surface area contributed by atoms with Crippen LogP contribution in [-0.2, 0) is 6.54 Å². The lowest BCUT2D eigenvalue weighted by molar-refractivity contribution is -0.384. The molecule has 4 rings (SSSR count). The Morgan fingerprint density at radius 3 is 2.69 bits per heavy atom. The van der Waals surface area contributed by atoms with Crippen LogP contribution in [0.2, 0.25) is 0 Å². The molecule has 0 bridgehead atoms. The van der Waals surface area contributed by atoms with Crippen LogP contribution in [0.25, 0.3) is 10.9 Å². The summed E-state index contributed by atoms with van der Waals surface area (Å²) >= 11 is 0. The Bertz CT molecular complexity index is 1330. The van der Waals surface area contributed by atoms with Gasteiger partial charge in [0.2, 0.25) is 5.88 Å². The zero-order chi connectivity index (χ0) is 22.5. The van der Waals surface area contributed by atoms with E-state index in [2.05, 4.69) is 21.4 Å². The van der Waals surface area contributed by atoms with Gasteiger partial charge in [-0.2, -0.15) is 5.26 Å². The zero-order valence-corrected chi connectivity index (χ0v) is 17.0. The number of fused-ring (bicyclic) bond motifs is 1. The number of nitrogens with one attached hydrogen (secondary N) is 1. The molecule has 1 N–H and O–H groups in total. The first kappa shape index (κ1) is 20.6. The van der Waals surface area contributed by atoms with E-state index in [1.54, 1.807) is 31.5 Å². The van der Waals surface area contributed by atoms with Gasteiger partial charge < -0.3 is 14.8 Å². The van der Waals surface area contributed by atoms with Crippen LogP contribution < -0.4 is 14.8 Å². The van der Waals surface area contributed by atoms with Gasteiger partial charge in [-0.25, -0.2) is 9.97 Å². The Hall–Kier alpha value is -4.71. The molecule has 0 radical (unpaired) electrons. The van der Waals surface area contributed by atoms with Crippen molar-refractivity contribution in [3.05, 3.63) is 88.1 Å². The Morgan fingerprint density at radius 1 is 1.12 bits per heavy atom. The summed E-state index contributed by atoms with van der Waals surface area (Å²) in [6.45, 7) is 0.419. The van der Waals surface area contributed by atoms with Gasteiger partial charge in [-0.3, -0.25) is 10.1 Å². The highest BCUT2D eigenvalue weighted by atomic mass is 16.6. The van der Waals surface area contributed by atoms with Gasteiger partial charge in [0, 0.05) is 42.4 Å². The number of pyridine rings is 2. The highest BCUT2D eigenvalue weighted by Crippen LogP contribution is 2.26. The van der Waals surface area contributed by atoms with Gasteiger partial charge in [0.05, 0.1) is 29.2 Å². The molecule has 0 saturated carbocycles. The SMILES string of the molecule is COc1cccc(Oc2ccc(CNc3cc(C#N)c4cc([N+](=O)[O-])ccc4n3)cn2)c1. The molecule has 0 aliphatic carbocycles. The summed E-state index contributed by atoms with van der Waals surface area (Å²) in [6.07, 6.45) is 1.68. The number of rotatable bonds is 7. The number of nitro benzene ring substituents is 1. The number of aromatic nitrogens is 2. The van der Waals surface area contributed by atoms with E-state index in [1.165, 1.54) is 18.2 Å². The number of ether oxygens (including phenoxy) is 2. The van der Waals surface area contributed by atoms with E-state index in [-0.39, 0.29) is 5.69 Å². The molecule has 158 valence electrons. The first-order valence-electron chi connectivity index (χ1n) is 9.56. The van der Waals surface area contributed by atoms with E-state index in [9.17, 15) is 15.4 Å². The number of hydrogen-bond donors (Lipinski definition) is 1. The minimum absolute atomic E-state index is 0.0844. The fourth-order valence-electron chi connectivity index (χ4n) is 3.06. The summed E-state index contributed by atoms with van der Waals surface area (Å²) in [5.41, 5.74) is 1.60. The van der Waals surface area contributed by atoms with Crippen molar-refractivity contribution in [1.82, 2.24) is 9.97 Å². The average molecular weight is 427 g/mol. The molecular weight excluding hydrogens is 410 g/mol. The van der Waals surface area contributed by atoms with E-state index < -0.39 is 4.92 Å². The molecular formula is C23H17N5O4. The maximum atomic E-state index is 11.0. The standard InChI is InChI=1S/C23H17N5O4/c1-31-18-3-2-4-19(11-18)32-23-8-5-15(14-26-23)13-25-22-9-16(12-24)20-10-17(28(29)30)6-7-21(20)27-22/h2-11,14H,13H2,1H3,(H,25,27). The molecule has 0 fully saturated rings. The molecule has 0 atom stereocenters. The first-order valence-corrected chi connectivity index (χ1v) is 9.56. The highest BCUT2D eigenvalue weighted by molar-refractivity contribution is 5.88. The molecule has 32 heavy (non-hydrogen) atoms. The minimum atomic E-state index is -0.499. The number of nitro groups is 1. The van der Waals surface area contributed by atoms with Gasteiger partial charge in [0.25, 0.3) is 5.69 Å². The van der Waals surface area contributed by atoms with Gasteiger partial charge in [0.1, 0.15) is 17.3 Å².